The molecule has 0 saturated heterocycles. The zero-order valence-corrected chi connectivity index (χ0v) is 29.9. The van der Waals surface area contributed by atoms with E-state index in [2.05, 4.69) is 5.32 Å². The standard InChI is InChI=1S/C35H35Cl4N3O4S/c1-4-24(3)40-35(44)32(20-25-10-6-5-7-11-25)41(21-27-28(36)12-8-13-29(27)37)33(43)22-42(31-15-9-14-30(38)34(31)39)47(45,46)26-18-16-23(2)17-19-26/h5-19,24,32H,4,20-22H2,1-3H3,(H,40,44)/t24-,32-/m0/s1. The Bertz CT molecular complexity index is 1800. The number of benzene rings is 4. The van der Waals surface area contributed by atoms with Crippen molar-refractivity contribution in [2.45, 2.75) is 57.1 Å². The lowest BCUT2D eigenvalue weighted by Crippen LogP contribution is -2.54. The number of nitrogens with zero attached hydrogens (tertiary/aromatic N) is 2. The Labute approximate surface area is 296 Å². The maximum atomic E-state index is 14.7. The second kappa shape index (κ2) is 16.2. The zero-order chi connectivity index (χ0) is 34.3. The fourth-order valence-electron chi connectivity index (χ4n) is 4.88. The molecule has 0 bridgehead atoms. The third kappa shape index (κ3) is 9.00. The van der Waals surface area contributed by atoms with Gasteiger partial charge in [0.2, 0.25) is 11.8 Å². The Morgan fingerprint density at radius 3 is 2.02 bits per heavy atom. The number of hydrogen-bond acceptors (Lipinski definition) is 4. The molecule has 4 rings (SSSR count). The van der Waals surface area contributed by atoms with Crippen molar-refractivity contribution in [3.63, 3.8) is 0 Å². The number of carbonyl (C=O) groups is 2. The smallest absolute Gasteiger partial charge is 0.264 e. The number of halogens is 4. The van der Waals surface area contributed by atoms with Gasteiger partial charge in [-0.15, -0.1) is 0 Å². The van der Waals surface area contributed by atoms with Crippen LogP contribution in [0.2, 0.25) is 20.1 Å². The molecule has 1 N–H and O–H groups in total. The molecule has 47 heavy (non-hydrogen) atoms. The molecule has 0 saturated carbocycles. The first-order valence-corrected chi connectivity index (χ1v) is 17.9. The van der Waals surface area contributed by atoms with Crippen LogP contribution in [0, 0.1) is 6.92 Å². The summed E-state index contributed by atoms with van der Waals surface area (Å²) >= 11 is 26.0. The minimum absolute atomic E-state index is 0.00693. The van der Waals surface area contributed by atoms with Crippen LogP contribution in [0.1, 0.15) is 37.0 Å². The molecule has 2 atom stereocenters. The van der Waals surface area contributed by atoms with Gasteiger partial charge in [0.1, 0.15) is 12.6 Å². The molecule has 0 spiro atoms. The number of sulfonamides is 1. The van der Waals surface area contributed by atoms with Gasteiger partial charge in [-0.25, -0.2) is 8.42 Å². The number of anilines is 1. The van der Waals surface area contributed by atoms with Gasteiger partial charge in [-0.2, -0.15) is 0 Å². The van der Waals surface area contributed by atoms with Crippen LogP contribution in [0.15, 0.2) is 95.9 Å². The summed E-state index contributed by atoms with van der Waals surface area (Å²) < 4.78 is 29.4. The molecule has 12 heteroatoms. The van der Waals surface area contributed by atoms with Gasteiger partial charge in [-0.05, 0) is 62.2 Å². The zero-order valence-electron chi connectivity index (χ0n) is 26.1. The first kappa shape index (κ1) is 36.6. The molecular weight excluding hydrogens is 700 g/mol. The molecule has 0 aliphatic rings. The third-order valence-electron chi connectivity index (χ3n) is 7.75. The quantitative estimate of drug-likeness (QED) is 0.150. The van der Waals surface area contributed by atoms with E-state index in [0.29, 0.717) is 12.0 Å². The number of nitrogens with one attached hydrogen (secondary N) is 1. The number of carbonyl (C=O) groups excluding carboxylic acids is 2. The van der Waals surface area contributed by atoms with Crippen molar-refractivity contribution in [3.8, 4) is 0 Å². The molecule has 0 aliphatic carbocycles. The van der Waals surface area contributed by atoms with Crippen molar-refractivity contribution in [2.75, 3.05) is 10.8 Å². The van der Waals surface area contributed by atoms with Gasteiger partial charge < -0.3 is 10.2 Å². The molecular formula is C35H35Cl4N3O4S. The van der Waals surface area contributed by atoms with Crippen molar-refractivity contribution >= 4 is 73.9 Å². The van der Waals surface area contributed by atoms with Crippen molar-refractivity contribution in [3.05, 3.63) is 128 Å². The lowest BCUT2D eigenvalue weighted by Gasteiger charge is -2.35. The average molecular weight is 736 g/mol. The monoisotopic (exact) mass is 733 g/mol. The summed E-state index contributed by atoms with van der Waals surface area (Å²) in [4.78, 5) is 29.9. The van der Waals surface area contributed by atoms with E-state index in [9.17, 15) is 18.0 Å². The van der Waals surface area contributed by atoms with E-state index in [1.165, 1.54) is 29.2 Å². The van der Waals surface area contributed by atoms with Crippen molar-refractivity contribution in [1.82, 2.24) is 10.2 Å². The lowest BCUT2D eigenvalue weighted by atomic mass is 10.0. The normalized spacial score (nSPS) is 12.7. The average Bonchev–Trinajstić information content (AvgIpc) is 3.04. The Hall–Kier alpha value is -3.27. The topological polar surface area (TPSA) is 86.8 Å². The van der Waals surface area contributed by atoms with Crippen LogP contribution in [0.3, 0.4) is 0 Å². The summed E-state index contributed by atoms with van der Waals surface area (Å²) in [5, 5.41) is 3.63. The van der Waals surface area contributed by atoms with Crippen molar-refractivity contribution < 1.29 is 18.0 Å². The molecule has 4 aromatic carbocycles. The summed E-state index contributed by atoms with van der Waals surface area (Å²) in [7, 11) is -4.37. The predicted octanol–water partition coefficient (Wildman–Crippen LogP) is 8.36. The van der Waals surface area contributed by atoms with Crippen LogP contribution in [0.5, 0.6) is 0 Å². The number of amides is 2. The summed E-state index contributed by atoms with van der Waals surface area (Å²) in [5.74, 6) is -1.10. The Morgan fingerprint density at radius 2 is 1.40 bits per heavy atom. The number of aryl methyl sites for hydroxylation is 1. The van der Waals surface area contributed by atoms with E-state index in [1.807, 2.05) is 51.1 Å². The van der Waals surface area contributed by atoms with E-state index in [1.54, 1.807) is 36.4 Å². The van der Waals surface area contributed by atoms with Crippen molar-refractivity contribution in [2.24, 2.45) is 0 Å². The maximum Gasteiger partial charge on any atom is 0.264 e. The SMILES string of the molecule is CC[C@H](C)NC(=O)[C@H](Cc1ccccc1)N(Cc1c(Cl)cccc1Cl)C(=O)CN(c1cccc(Cl)c1Cl)S(=O)(=O)c1ccc(C)cc1. The lowest BCUT2D eigenvalue weighted by molar-refractivity contribution is -0.140. The molecule has 0 aliphatic heterocycles. The van der Waals surface area contributed by atoms with Gasteiger partial charge in [0.25, 0.3) is 10.0 Å². The van der Waals surface area contributed by atoms with Crippen LogP contribution >= 0.6 is 46.4 Å². The second-order valence-electron chi connectivity index (χ2n) is 11.1. The van der Waals surface area contributed by atoms with Gasteiger partial charge in [0.05, 0.1) is 20.6 Å². The molecule has 2 amide bonds. The highest BCUT2D eigenvalue weighted by Gasteiger charge is 2.36. The molecule has 7 nitrogen and oxygen atoms in total. The Morgan fingerprint density at radius 1 is 0.809 bits per heavy atom. The molecule has 0 radical (unpaired) electrons. The van der Waals surface area contributed by atoms with Gasteiger partial charge in [0.15, 0.2) is 0 Å². The molecule has 248 valence electrons. The van der Waals surface area contributed by atoms with Crippen molar-refractivity contribution in [1.29, 1.82) is 0 Å². The highest BCUT2D eigenvalue weighted by atomic mass is 35.5. The number of rotatable bonds is 13. The largest absolute Gasteiger partial charge is 0.352 e. The minimum atomic E-state index is -4.37. The van der Waals surface area contributed by atoms with Crippen LogP contribution in [-0.2, 0) is 32.6 Å². The maximum absolute atomic E-state index is 14.7. The van der Waals surface area contributed by atoms with Gasteiger partial charge in [0, 0.05) is 34.6 Å². The molecule has 0 aromatic heterocycles. The third-order valence-corrected chi connectivity index (χ3v) is 11.0. The van der Waals surface area contributed by atoms with E-state index in [4.69, 9.17) is 46.4 Å². The van der Waals surface area contributed by atoms with E-state index < -0.39 is 34.4 Å². The molecule has 4 aromatic rings. The van der Waals surface area contributed by atoms with E-state index in [0.717, 1.165) is 15.4 Å². The van der Waals surface area contributed by atoms with Crippen LogP contribution < -0.4 is 9.62 Å². The summed E-state index contributed by atoms with van der Waals surface area (Å²) in [6, 6.07) is 23.7. The van der Waals surface area contributed by atoms with Gasteiger partial charge in [-0.1, -0.05) is 113 Å². The first-order valence-electron chi connectivity index (χ1n) is 14.9. The second-order valence-corrected chi connectivity index (χ2v) is 14.6. The first-order chi connectivity index (χ1) is 22.3. The Balaban J connectivity index is 1.87. The highest BCUT2D eigenvalue weighted by Crippen LogP contribution is 2.36. The number of hydrogen-bond donors (Lipinski definition) is 1. The molecule has 0 heterocycles. The fraction of sp³-hybridized carbons (Fsp3) is 0.257. The van der Waals surface area contributed by atoms with Crippen LogP contribution in [0.4, 0.5) is 5.69 Å². The predicted molar refractivity (Wildman–Crippen MR) is 191 cm³/mol. The summed E-state index contributed by atoms with van der Waals surface area (Å²) in [5.41, 5.74) is 2.06. The van der Waals surface area contributed by atoms with E-state index >= 15 is 0 Å². The molecule has 0 unspecified atom stereocenters. The van der Waals surface area contributed by atoms with Gasteiger partial charge in [-0.3, -0.25) is 13.9 Å². The van der Waals surface area contributed by atoms with E-state index in [-0.39, 0.29) is 49.7 Å². The van der Waals surface area contributed by atoms with Crippen LogP contribution in [0.25, 0.3) is 0 Å². The highest BCUT2D eigenvalue weighted by molar-refractivity contribution is 7.92. The molecule has 0 fully saturated rings. The van der Waals surface area contributed by atoms with Crippen LogP contribution in [-0.4, -0.2) is 43.8 Å². The van der Waals surface area contributed by atoms with Gasteiger partial charge >= 0.3 is 0 Å². The summed E-state index contributed by atoms with van der Waals surface area (Å²) in [6.07, 6.45) is 0.795. The summed E-state index contributed by atoms with van der Waals surface area (Å²) in [6.45, 7) is 4.75. The fourth-order valence-corrected chi connectivity index (χ4v) is 7.28. The minimum Gasteiger partial charge on any atom is -0.352 e. The Kier molecular flexibility index (Phi) is 12.6.